The Labute approximate surface area is 256 Å². The molecule has 0 radical (unpaired) electrons. The number of amides is 1. The third-order valence-corrected chi connectivity index (χ3v) is 9.31. The molecule has 4 aromatic rings. The molecule has 0 aliphatic rings. The van der Waals surface area contributed by atoms with E-state index in [1.165, 1.54) is 18.2 Å². The number of nitro benzene ring substituents is 1. The summed E-state index contributed by atoms with van der Waals surface area (Å²) in [5, 5.41) is 33.0. The van der Waals surface area contributed by atoms with Gasteiger partial charge in [0.25, 0.3) is 11.6 Å². The number of halogens is 6. The maximum absolute atomic E-state index is 14.3. The highest BCUT2D eigenvalue weighted by atomic mass is 35.5. The van der Waals surface area contributed by atoms with Crippen LogP contribution in [0.25, 0.3) is 0 Å². The molecular weight excluding hydrogens is 651 g/mol. The smallest absolute Gasteiger partial charge is 0.416 e. The maximum atomic E-state index is 14.3. The number of rotatable bonds is 9. The van der Waals surface area contributed by atoms with Crippen molar-refractivity contribution in [1.29, 1.82) is 0 Å². The number of nitrogens with one attached hydrogen (secondary N) is 1. The third-order valence-electron chi connectivity index (χ3n) is 6.81. The van der Waals surface area contributed by atoms with Gasteiger partial charge >= 0.3 is 6.18 Å². The van der Waals surface area contributed by atoms with E-state index in [4.69, 9.17) is 11.6 Å². The zero-order valence-corrected chi connectivity index (χ0v) is 24.0. The summed E-state index contributed by atoms with van der Waals surface area (Å²) in [6.07, 6.45) is -4.83. The molecule has 0 heterocycles. The van der Waals surface area contributed by atoms with Crippen molar-refractivity contribution in [3.63, 3.8) is 0 Å². The summed E-state index contributed by atoms with van der Waals surface area (Å²) >= 11 is 6.05. The van der Waals surface area contributed by atoms with E-state index in [1.54, 1.807) is 0 Å². The summed E-state index contributed by atoms with van der Waals surface area (Å²) in [5.74, 6) is -4.55. The quantitative estimate of drug-likeness (QED) is 0.0846. The van der Waals surface area contributed by atoms with Gasteiger partial charge in [0.15, 0.2) is 21.5 Å². The molecule has 0 bridgehead atoms. The summed E-state index contributed by atoms with van der Waals surface area (Å²) < 4.78 is 96.5. The number of carbonyl (C=O) groups excluding carboxylic acids is 1. The van der Waals surface area contributed by atoms with Crippen molar-refractivity contribution < 1.29 is 50.3 Å². The number of hydrogen-bond donors (Lipinski definition) is 3. The molecule has 0 aliphatic heterocycles. The molecule has 2 atom stereocenters. The molecule has 236 valence electrons. The highest BCUT2D eigenvalue weighted by Gasteiger charge is 2.49. The number of phenolic OH excluding ortho intramolecular Hbond substituents is 1. The maximum Gasteiger partial charge on any atom is 0.416 e. The highest BCUT2D eigenvalue weighted by Crippen LogP contribution is 2.46. The number of benzene rings is 4. The lowest BCUT2D eigenvalue weighted by molar-refractivity contribution is -0.384. The monoisotopic (exact) mass is 670 g/mol. The van der Waals surface area contributed by atoms with Gasteiger partial charge in [0.05, 0.1) is 27.5 Å². The summed E-state index contributed by atoms with van der Waals surface area (Å²) in [6.45, 7) is -1.06. The molecule has 0 aromatic heterocycles. The van der Waals surface area contributed by atoms with Crippen LogP contribution in [0, 0.1) is 21.7 Å². The molecule has 0 fully saturated rings. The summed E-state index contributed by atoms with van der Waals surface area (Å²) in [4.78, 5) is 22.6. The molecule has 16 heteroatoms. The first-order chi connectivity index (χ1) is 21.0. The second-order valence-corrected chi connectivity index (χ2v) is 12.1. The van der Waals surface area contributed by atoms with Crippen LogP contribution >= 0.6 is 11.6 Å². The molecule has 0 spiro atoms. The molecule has 0 aliphatic carbocycles. The lowest BCUT2D eigenvalue weighted by Gasteiger charge is -2.37. The van der Waals surface area contributed by atoms with Crippen LogP contribution in [0.15, 0.2) is 89.8 Å². The Morgan fingerprint density at radius 3 is 2.11 bits per heavy atom. The number of para-hydroxylation sites is 1. The Morgan fingerprint density at radius 2 is 1.56 bits per heavy atom. The first-order valence-corrected chi connectivity index (χ1v) is 14.5. The minimum Gasteiger partial charge on any atom is -0.507 e. The van der Waals surface area contributed by atoms with Gasteiger partial charge in [-0.1, -0.05) is 41.9 Å². The summed E-state index contributed by atoms with van der Waals surface area (Å²) in [5.41, 5.74) is -6.05. The Balaban J connectivity index is 1.98. The van der Waals surface area contributed by atoms with E-state index in [1.807, 2.05) is 0 Å². The van der Waals surface area contributed by atoms with Crippen molar-refractivity contribution in [2.45, 2.75) is 21.9 Å². The number of aromatic hydroxyl groups is 1. The van der Waals surface area contributed by atoms with Crippen molar-refractivity contribution in [2.24, 2.45) is 0 Å². The number of hydrogen-bond acceptors (Lipinski definition) is 7. The van der Waals surface area contributed by atoms with Gasteiger partial charge in [0.1, 0.15) is 21.6 Å². The molecule has 9 nitrogen and oxygen atoms in total. The number of sulfone groups is 1. The number of phenols is 1. The molecule has 0 saturated heterocycles. The normalized spacial score (nSPS) is 13.9. The third kappa shape index (κ3) is 6.74. The van der Waals surface area contributed by atoms with Crippen LogP contribution in [0.5, 0.6) is 5.75 Å². The van der Waals surface area contributed by atoms with E-state index in [-0.39, 0.29) is 5.56 Å². The minimum atomic E-state index is -5.12. The lowest BCUT2D eigenvalue weighted by Crippen LogP contribution is -2.47. The molecular formula is C29H20ClF5N2O7S. The number of nitro groups is 1. The molecule has 45 heavy (non-hydrogen) atoms. The highest BCUT2D eigenvalue weighted by molar-refractivity contribution is 7.91. The van der Waals surface area contributed by atoms with Crippen LogP contribution in [0.2, 0.25) is 5.02 Å². The van der Waals surface area contributed by atoms with Gasteiger partial charge in [-0.2, -0.15) is 13.2 Å². The lowest BCUT2D eigenvalue weighted by atomic mass is 9.85. The number of carbonyl (C=O) groups is 1. The number of nitrogens with zero attached hydrogens (tertiary/aromatic N) is 1. The molecule has 4 aromatic carbocycles. The van der Waals surface area contributed by atoms with Crippen LogP contribution in [0.1, 0.15) is 32.3 Å². The molecule has 3 N–H and O–H groups in total. The largest absolute Gasteiger partial charge is 0.507 e. The van der Waals surface area contributed by atoms with Gasteiger partial charge in [-0.15, -0.1) is 0 Å². The van der Waals surface area contributed by atoms with Crippen molar-refractivity contribution >= 4 is 33.0 Å². The van der Waals surface area contributed by atoms with Crippen LogP contribution < -0.4 is 5.32 Å². The van der Waals surface area contributed by atoms with Crippen molar-refractivity contribution in [3.8, 4) is 5.75 Å². The molecule has 0 saturated carbocycles. The second kappa shape index (κ2) is 12.4. The van der Waals surface area contributed by atoms with Crippen LogP contribution in [-0.2, 0) is 21.6 Å². The van der Waals surface area contributed by atoms with E-state index >= 15 is 0 Å². The minimum absolute atomic E-state index is 0.304. The van der Waals surface area contributed by atoms with E-state index in [0.29, 0.717) is 30.3 Å². The van der Waals surface area contributed by atoms with Crippen molar-refractivity contribution in [2.75, 3.05) is 6.54 Å². The molecule has 1 amide bonds. The van der Waals surface area contributed by atoms with E-state index in [0.717, 1.165) is 36.4 Å². The van der Waals surface area contributed by atoms with Gasteiger partial charge in [-0.25, -0.2) is 17.2 Å². The van der Waals surface area contributed by atoms with Gasteiger partial charge in [0.2, 0.25) is 0 Å². The van der Waals surface area contributed by atoms with Crippen molar-refractivity contribution in [1.82, 2.24) is 5.32 Å². The van der Waals surface area contributed by atoms with E-state index in [9.17, 15) is 55.5 Å². The molecule has 2 unspecified atom stereocenters. The Kier molecular flexibility index (Phi) is 9.19. The predicted molar refractivity (Wildman–Crippen MR) is 150 cm³/mol. The van der Waals surface area contributed by atoms with E-state index < -0.39 is 93.9 Å². The Morgan fingerprint density at radius 1 is 0.933 bits per heavy atom. The SMILES string of the molecule is O=C(NCC(O)(c1ccc(C(F)(F)F)cc1)C(c1ccc([N+](=O)[O-])c(Cl)c1)S(=O)(=O)c1ccc(F)c(F)c1)c1ccccc1O. The van der Waals surface area contributed by atoms with Gasteiger partial charge < -0.3 is 15.5 Å². The fraction of sp³-hybridized carbons (Fsp3) is 0.138. The summed E-state index contributed by atoms with van der Waals surface area (Å²) in [6, 6.07) is 11.7. The zero-order valence-electron chi connectivity index (χ0n) is 22.4. The van der Waals surface area contributed by atoms with Crippen LogP contribution in [0.4, 0.5) is 27.6 Å². The standard InChI is InChI=1S/C29H20ClF5N2O7S/c30-21-13-16(5-12-24(21)37(41)42)26(45(43,44)19-10-11-22(31)23(32)14-19)28(40,17-6-8-18(9-7-17)29(33,34)35)15-36-27(39)20-3-1-2-4-25(20)38/h1-14,26,38,40H,15H2,(H,36,39). The first-order valence-electron chi connectivity index (χ1n) is 12.6. The van der Waals surface area contributed by atoms with Gasteiger partial charge in [-0.3, -0.25) is 14.9 Å². The van der Waals surface area contributed by atoms with Gasteiger partial charge in [-0.05, 0) is 59.7 Å². The fourth-order valence-electron chi connectivity index (χ4n) is 4.61. The average molecular weight is 671 g/mol. The first kappa shape index (κ1) is 33.3. The van der Waals surface area contributed by atoms with Gasteiger partial charge in [0, 0.05) is 6.07 Å². The molecule has 4 rings (SSSR count). The number of aliphatic hydroxyl groups is 1. The topological polar surface area (TPSA) is 147 Å². The zero-order chi connectivity index (χ0) is 33.3. The second-order valence-electron chi connectivity index (χ2n) is 9.67. The van der Waals surface area contributed by atoms with E-state index in [2.05, 4.69) is 5.32 Å². The fourth-order valence-corrected chi connectivity index (χ4v) is 6.90. The van der Waals surface area contributed by atoms with Crippen molar-refractivity contribution in [3.05, 3.63) is 134 Å². The number of alkyl halides is 3. The van der Waals surface area contributed by atoms with Crippen LogP contribution in [0.3, 0.4) is 0 Å². The Hall–Kier alpha value is -4.60. The average Bonchev–Trinajstić information content (AvgIpc) is 2.97. The summed E-state index contributed by atoms with van der Waals surface area (Å²) in [7, 11) is -5.12. The Bertz CT molecular complexity index is 1890. The predicted octanol–water partition coefficient (Wildman–Crippen LogP) is 6.08. The van der Waals surface area contributed by atoms with Crippen LogP contribution in [-0.4, -0.2) is 36.0 Å².